The second-order valence-corrected chi connectivity index (χ2v) is 5.90. The molecule has 0 aliphatic carbocycles. The van der Waals surface area contributed by atoms with Crippen molar-refractivity contribution in [3.63, 3.8) is 0 Å². The van der Waals surface area contributed by atoms with Gasteiger partial charge < -0.3 is 10.0 Å². The summed E-state index contributed by atoms with van der Waals surface area (Å²) in [7, 11) is 0. The molecule has 24 heavy (non-hydrogen) atoms. The van der Waals surface area contributed by atoms with Gasteiger partial charge in [0.15, 0.2) is 11.6 Å². The lowest BCUT2D eigenvalue weighted by Gasteiger charge is -2.38. The molecule has 9 heteroatoms. The number of anilines is 1. The molecule has 1 fully saturated rings. The minimum absolute atomic E-state index is 0.266. The van der Waals surface area contributed by atoms with Crippen LogP contribution in [0.25, 0.3) is 11.0 Å². The summed E-state index contributed by atoms with van der Waals surface area (Å²) in [5.41, 5.74) is -0.131. The van der Waals surface area contributed by atoms with Gasteiger partial charge in [0.2, 0.25) is 0 Å². The molecule has 1 atom stereocenters. The van der Waals surface area contributed by atoms with Crippen LogP contribution in [0.2, 0.25) is 0 Å². The van der Waals surface area contributed by atoms with E-state index in [2.05, 4.69) is 25.4 Å². The second-order valence-electron chi connectivity index (χ2n) is 5.90. The molecule has 0 saturated carbocycles. The molecule has 0 spiro atoms. The molecule has 124 valence electrons. The number of β-amino-alcohol motifs (C(OH)–C–C–N with tert-alkyl or cyclic N) is 1. The first kappa shape index (κ1) is 14.9. The lowest BCUT2D eigenvalue weighted by molar-refractivity contribution is 0.0175. The normalized spacial score (nSPS) is 21.4. The Kier molecular flexibility index (Phi) is 3.38. The molecule has 1 aliphatic heterocycles. The third kappa shape index (κ3) is 2.46. The zero-order valence-corrected chi connectivity index (χ0v) is 12.6. The van der Waals surface area contributed by atoms with E-state index >= 15 is 0 Å². The average Bonchev–Trinajstić information content (AvgIpc) is 3.11. The van der Waals surface area contributed by atoms with E-state index in [1.807, 2.05) is 4.90 Å². The topological polar surface area (TPSA) is 90.8 Å². The fraction of sp³-hybridized carbons (Fsp3) is 0.333. The molecule has 1 unspecified atom stereocenters. The van der Waals surface area contributed by atoms with E-state index in [1.165, 1.54) is 12.4 Å². The molecule has 0 amide bonds. The van der Waals surface area contributed by atoms with Gasteiger partial charge in [0.1, 0.15) is 17.1 Å². The van der Waals surface area contributed by atoms with Gasteiger partial charge >= 0.3 is 0 Å². The van der Waals surface area contributed by atoms with Crippen LogP contribution in [0.15, 0.2) is 24.5 Å². The summed E-state index contributed by atoms with van der Waals surface area (Å²) in [4.78, 5) is 10.3. The smallest absolute Gasteiger partial charge is 0.161 e. The van der Waals surface area contributed by atoms with Gasteiger partial charge in [0.05, 0.1) is 30.0 Å². The number of piperidine rings is 1. The number of H-pyrrole nitrogens is 1. The Labute approximate surface area is 135 Å². The van der Waals surface area contributed by atoms with Gasteiger partial charge in [0.25, 0.3) is 0 Å². The van der Waals surface area contributed by atoms with Crippen molar-refractivity contribution in [2.24, 2.45) is 0 Å². The van der Waals surface area contributed by atoms with Gasteiger partial charge in [-0.1, -0.05) is 0 Å². The largest absolute Gasteiger partial charge is 0.382 e. The summed E-state index contributed by atoms with van der Waals surface area (Å²) in [5.74, 6) is -1.43. The number of nitrogens with zero attached hydrogens (tertiary/aromatic N) is 5. The predicted octanol–water partition coefficient (Wildman–Crippen LogP) is 1.51. The van der Waals surface area contributed by atoms with Gasteiger partial charge in [-0.05, 0) is 12.8 Å². The number of benzene rings is 1. The van der Waals surface area contributed by atoms with Crippen LogP contribution in [0.4, 0.5) is 14.6 Å². The van der Waals surface area contributed by atoms with Crippen LogP contribution in [-0.2, 0) is 5.60 Å². The zero-order chi connectivity index (χ0) is 16.7. The number of aromatic nitrogens is 5. The molecule has 3 heterocycles. The van der Waals surface area contributed by atoms with E-state index in [-0.39, 0.29) is 17.6 Å². The standard InChI is InChI=1S/C15H14F2N6O/c16-9-4-11-12(5-10(9)17)20-14(7-18-11)23-3-1-2-15(24,8-23)13-6-19-22-21-13/h4-7,24H,1-3,8H2,(H,19,21,22). The van der Waals surface area contributed by atoms with Crippen molar-refractivity contribution in [3.05, 3.63) is 41.9 Å². The second kappa shape index (κ2) is 5.45. The third-order valence-corrected chi connectivity index (χ3v) is 4.26. The fourth-order valence-corrected chi connectivity index (χ4v) is 3.02. The van der Waals surface area contributed by atoms with Crippen LogP contribution in [0.3, 0.4) is 0 Å². The van der Waals surface area contributed by atoms with Crippen LogP contribution in [0.1, 0.15) is 18.5 Å². The molecule has 0 radical (unpaired) electrons. The maximum atomic E-state index is 13.4. The van der Waals surface area contributed by atoms with E-state index < -0.39 is 17.2 Å². The number of rotatable bonds is 2. The molecule has 7 nitrogen and oxygen atoms in total. The number of hydrogen-bond acceptors (Lipinski definition) is 6. The highest BCUT2D eigenvalue weighted by Gasteiger charge is 2.37. The van der Waals surface area contributed by atoms with E-state index in [1.54, 1.807) is 0 Å². The number of aliphatic hydroxyl groups is 1. The molecule has 3 aromatic rings. The van der Waals surface area contributed by atoms with Crippen LogP contribution < -0.4 is 4.90 Å². The van der Waals surface area contributed by atoms with Crippen molar-refractivity contribution in [1.29, 1.82) is 0 Å². The number of hydrogen-bond donors (Lipinski definition) is 2. The van der Waals surface area contributed by atoms with Crippen LogP contribution >= 0.6 is 0 Å². The van der Waals surface area contributed by atoms with E-state index in [0.717, 1.165) is 18.6 Å². The average molecular weight is 332 g/mol. The summed E-state index contributed by atoms with van der Waals surface area (Å²) >= 11 is 0. The van der Waals surface area contributed by atoms with Crippen molar-refractivity contribution in [2.45, 2.75) is 18.4 Å². The highest BCUT2D eigenvalue weighted by molar-refractivity contribution is 5.75. The van der Waals surface area contributed by atoms with Crippen molar-refractivity contribution in [2.75, 3.05) is 18.0 Å². The van der Waals surface area contributed by atoms with Crippen LogP contribution in [0, 0.1) is 11.6 Å². The Hall–Kier alpha value is -2.68. The predicted molar refractivity (Wildman–Crippen MR) is 81.2 cm³/mol. The van der Waals surface area contributed by atoms with Crippen molar-refractivity contribution < 1.29 is 13.9 Å². The first-order valence-corrected chi connectivity index (χ1v) is 7.50. The maximum Gasteiger partial charge on any atom is 0.161 e. The zero-order valence-electron chi connectivity index (χ0n) is 12.6. The minimum Gasteiger partial charge on any atom is -0.382 e. The lowest BCUT2D eigenvalue weighted by atomic mass is 9.90. The van der Waals surface area contributed by atoms with Crippen molar-refractivity contribution in [3.8, 4) is 0 Å². The van der Waals surface area contributed by atoms with Gasteiger partial charge in [-0.2, -0.15) is 15.4 Å². The maximum absolute atomic E-state index is 13.4. The van der Waals surface area contributed by atoms with E-state index in [0.29, 0.717) is 24.5 Å². The SMILES string of the molecule is OC1(c2cn[nH]n2)CCCN(c2cnc3cc(F)c(F)cc3n2)C1. The third-order valence-electron chi connectivity index (χ3n) is 4.26. The van der Waals surface area contributed by atoms with E-state index in [4.69, 9.17) is 0 Å². The monoisotopic (exact) mass is 332 g/mol. The number of halogens is 2. The van der Waals surface area contributed by atoms with Crippen LogP contribution in [-0.4, -0.2) is 43.6 Å². The highest BCUT2D eigenvalue weighted by Crippen LogP contribution is 2.32. The highest BCUT2D eigenvalue weighted by atomic mass is 19.2. The molecular weight excluding hydrogens is 318 g/mol. The number of nitrogens with one attached hydrogen (secondary N) is 1. The molecule has 4 rings (SSSR count). The van der Waals surface area contributed by atoms with Gasteiger partial charge in [-0.15, -0.1) is 0 Å². The molecule has 2 aromatic heterocycles. The summed E-state index contributed by atoms with van der Waals surface area (Å²) in [6.45, 7) is 0.938. The summed E-state index contributed by atoms with van der Waals surface area (Å²) in [5, 5.41) is 21.0. The van der Waals surface area contributed by atoms with Gasteiger partial charge in [-0.25, -0.2) is 13.8 Å². The van der Waals surface area contributed by atoms with Crippen molar-refractivity contribution >= 4 is 16.9 Å². The first-order valence-electron chi connectivity index (χ1n) is 7.50. The Morgan fingerprint density at radius 2 is 1.96 bits per heavy atom. The summed E-state index contributed by atoms with van der Waals surface area (Å²) in [6, 6.07) is 2.04. The Balaban J connectivity index is 1.68. The molecule has 1 aromatic carbocycles. The quantitative estimate of drug-likeness (QED) is 0.739. The minimum atomic E-state index is -1.14. The molecule has 1 saturated heterocycles. The Morgan fingerprint density at radius 1 is 1.17 bits per heavy atom. The fourth-order valence-electron chi connectivity index (χ4n) is 3.02. The summed E-state index contributed by atoms with van der Waals surface area (Å²) in [6.07, 6.45) is 4.26. The van der Waals surface area contributed by atoms with Crippen LogP contribution in [0.5, 0.6) is 0 Å². The number of aromatic amines is 1. The van der Waals surface area contributed by atoms with Gasteiger partial charge in [0, 0.05) is 18.7 Å². The first-order chi connectivity index (χ1) is 11.5. The number of fused-ring (bicyclic) bond motifs is 1. The van der Waals surface area contributed by atoms with Gasteiger partial charge in [-0.3, -0.25) is 4.98 Å². The molecular formula is C15H14F2N6O. The summed E-state index contributed by atoms with van der Waals surface area (Å²) < 4.78 is 26.7. The molecule has 1 aliphatic rings. The molecule has 2 N–H and O–H groups in total. The van der Waals surface area contributed by atoms with E-state index in [9.17, 15) is 13.9 Å². The Bertz CT molecular complexity index is 887. The lowest BCUT2D eigenvalue weighted by Crippen LogP contribution is -2.46. The van der Waals surface area contributed by atoms with Crippen molar-refractivity contribution in [1.82, 2.24) is 25.4 Å². The Morgan fingerprint density at radius 3 is 2.71 bits per heavy atom. The molecule has 0 bridgehead atoms.